The Morgan fingerprint density at radius 2 is 2.17 bits per heavy atom. The molecular weight excluding hydrogens is 407 g/mol. The molecule has 1 aromatic heterocycles. The first-order chi connectivity index (χ1) is 10.7. The van der Waals surface area contributed by atoms with Gasteiger partial charge in [-0.25, -0.2) is 4.98 Å². The smallest absolute Gasteiger partial charge is 0.191 e. The fourth-order valence-corrected chi connectivity index (χ4v) is 1.91. The monoisotopic (exact) mass is 430 g/mol. The molecule has 0 atom stereocenters. The lowest BCUT2D eigenvalue weighted by atomic mass is 10.2. The molecule has 0 amide bonds. The molecule has 2 rings (SSSR count). The Labute approximate surface area is 153 Å². The second-order valence-corrected chi connectivity index (χ2v) is 4.82. The number of aryl methyl sites for hydroxylation is 2. The third-order valence-electron chi connectivity index (χ3n) is 3.10. The predicted octanol–water partition coefficient (Wildman–Crippen LogP) is 1.49. The number of hydrogen-bond acceptors (Lipinski definition) is 4. The van der Waals surface area contributed by atoms with E-state index >= 15 is 0 Å². The lowest BCUT2D eigenvalue weighted by molar-refractivity contribution is 0.321. The largest absolute Gasteiger partial charge is 0.492 e. The molecule has 7 nitrogen and oxygen atoms in total. The lowest BCUT2D eigenvalue weighted by Crippen LogP contribution is -2.39. The maximum atomic E-state index is 5.68. The third kappa shape index (κ3) is 6.43. The quantitative estimate of drug-likeness (QED) is 0.314. The second kappa shape index (κ2) is 10.0. The van der Waals surface area contributed by atoms with Crippen LogP contribution in [-0.2, 0) is 13.6 Å². The number of nitrogens with zero attached hydrogens (tertiary/aromatic N) is 4. The van der Waals surface area contributed by atoms with Crippen LogP contribution in [0.2, 0.25) is 0 Å². The molecule has 126 valence electrons. The van der Waals surface area contributed by atoms with Crippen molar-refractivity contribution in [1.82, 2.24) is 25.4 Å². The van der Waals surface area contributed by atoms with Crippen molar-refractivity contribution in [3.8, 4) is 5.75 Å². The van der Waals surface area contributed by atoms with E-state index < -0.39 is 0 Å². The summed E-state index contributed by atoms with van der Waals surface area (Å²) in [5.74, 6) is 2.43. The summed E-state index contributed by atoms with van der Waals surface area (Å²) < 4.78 is 7.40. The van der Waals surface area contributed by atoms with Crippen LogP contribution in [0.3, 0.4) is 0 Å². The van der Waals surface area contributed by atoms with Gasteiger partial charge >= 0.3 is 0 Å². The number of ether oxygens (including phenoxy) is 1. The van der Waals surface area contributed by atoms with Crippen molar-refractivity contribution in [3.05, 3.63) is 42.0 Å². The minimum Gasteiger partial charge on any atom is -0.492 e. The van der Waals surface area contributed by atoms with Gasteiger partial charge in [-0.15, -0.1) is 24.0 Å². The number of hydrogen-bond donors (Lipinski definition) is 2. The highest BCUT2D eigenvalue weighted by Crippen LogP contribution is 2.11. The van der Waals surface area contributed by atoms with Gasteiger partial charge in [-0.2, -0.15) is 5.10 Å². The molecule has 0 saturated carbocycles. The van der Waals surface area contributed by atoms with E-state index in [9.17, 15) is 0 Å². The molecule has 0 radical (unpaired) electrons. The highest BCUT2D eigenvalue weighted by Gasteiger charge is 2.02. The van der Waals surface area contributed by atoms with Crippen LogP contribution in [0, 0.1) is 6.92 Å². The number of aromatic nitrogens is 3. The molecule has 0 saturated heterocycles. The number of guanidine groups is 1. The van der Waals surface area contributed by atoms with Crippen molar-refractivity contribution in [3.63, 3.8) is 0 Å². The fraction of sp³-hybridized carbons (Fsp3) is 0.400. The zero-order chi connectivity index (χ0) is 15.8. The van der Waals surface area contributed by atoms with Crippen LogP contribution >= 0.6 is 24.0 Å². The van der Waals surface area contributed by atoms with Crippen molar-refractivity contribution < 1.29 is 4.74 Å². The van der Waals surface area contributed by atoms with Gasteiger partial charge in [0.25, 0.3) is 0 Å². The average Bonchev–Trinajstić information content (AvgIpc) is 2.92. The molecule has 2 aromatic rings. The Bertz CT molecular complexity index is 628. The number of aliphatic imine (C=N–C) groups is 1. The minimum absolute atomic E-state index is 0. The molecule has 0 aliphatic heterocycles. The van der Waals surface area contributed by atoms with E-state index in [1.54, 1.807) is 11.7 Å². The summed E-state index contributed by atoms with van der Waals surface area (Å²) in [5, 5.41) is 10.4. The standard InChI is InChI=1S/C15H22N6O.HI/c1-12-5-4-6-13(9-12)22-8-7-17-15(16-2)18-10-14-19-11-20-21(14)3;/h4-6,9,11H,7-8,10H2,1-3H3,(H2,16,17,18);1H. The average molecular weight is 430 g/mol. The maximum Gasteiger partial charge on any atom is 0.191 e. The summed E-state index contributed by atoms with van der Waals surface area (Å²) >= 11 is 0. The van der Waals surface area contributed by atoms with E-state index in [2.05, 4.69) is 25.7 Å². The van der Waals surface area contributed by atoms with Gasteiger partial charge in [0, 0.05) is 14.1 Å². The first kappa shape index (κ1) is 19.2. The number of benzene rings is 1. The first-order valence-electron chi connectivity index (χ1n) is 7.16. The van der Waals surface area contributed by atoms with Crippen LogP contribution in [0.5, 0.6) is 5.75 Å². The van der Waals surface area contributed by atoms with Crippen LogP contribution in [0.1, 0.15) is 11.4 Å². The Hall–Kier alpha value is -1.84. The lowest BCUT2D eigenvalue weighted by Gasteiger charge is -2.12. The Kier molecular flexibility index (Phi) is 8.38. The summed E-state index contributed by atoms with van der Waals surface area (Å²) in [5.41, 5.74) is 1.19. The fourth-order valence-electron chi connectivity index (χ4n) is 1.91. The van der Waals surface area contributed by atoms with E-state index in [-0.39, 0.29) is 24.0 Å². The molecule has 0 aliphatic rings. The number of rotatable bonds is 6. The third-order valence-corrected chi connectivity index (χ3v) is 3.10. The molecular formula is C15H23IN6O. The van der Waals surface area contributed by atoms with E-state index in [4.69, 9.17) is 4.74 Å². The van der Waals surface area contributed by atoms with Crippen LogP contribution in [0.25, 0.3) is 0 Å². The van der Waals surface area contributed by atoms with Gasteiger partial charge in [-0.3, -0.25) is 9.67 Å². The molecule has 2 N–H and O–H groups in total. The van der Waals surface area contributed by atoms with Crippen LogP contribution in [0.4, 0.5) is 0 Å². The van der Waals surface area contributed by atoms with Gasteiger partial charge in [-0.1, -0.05) is 12.1 Å². The van der Waals surface area contributed by atoms with Crippen molar-refractivity contribution in [2.45, 2.75) is 13.5 Å². The van der Waals surface area contributed by atoms with Gasteiger partial charge in [0.1, 0.15) is 24.5 Å². The normalized spacial score (nSPS) is 10.8. The minimum atomic E-state index is 0. The van der Waals surface area contributed by atoms with E-state index in [1.807, 2.05) is 38.2 Å². The van der Waals surface area contributed by atoms with Crippen LogP contribution in [-0.4, -0.2) is 40.9 Å². The summed E-state index contributed by atoms with van der Waals surface area (Å²) in [6.45, 7) is 3.83. The highest BCUT2D eigenvalue weighted by molar-refractivity contribution is 14.0. The van der Waals surface area contributed by atoms with E-state index in [1.165, 1.54) is 11.9 Å². The Morgan fingerprint density at radius 1 is 1.35 bits per heavy atom. The zero-order valence-electron chi connectivity index (χ0n) is 13.6. The molecule has 0 unspecified atom stereocenters. The van der Waals surface area contributed by atoms with Crippen molar-refractivity contribution in [2.75, 3.05) is 20.2 Å². The Balaban J connectivity index is 0.00000264. The van der Waals surface area contributed by atoms with Gasteiger partial charge < -0.3 is 15.4 Å². The summed E-state index contributed by atoms with van der Waals surface area (Å²) in [6.07, 6.45) is 1.53. The van der Waals surface area contributed by atoms with Gasteiger partial charge in [0.15, 0.2) is 5.96 Å². The summed E-state index contributed by atoms with van der Waals surface area (Å²) in [6, 6.07) is 8.00. The molecule has 1 aromatic carbocycles. The van der Waals surface area contributed by atoms with Crippen molar-refractivity contribution in [2.24, 2.45) is 12.0 Å². The molecule has 23 heavy (non-hydrogen) atoms. The zero-order valence-corrected chi connectivity index (χ0v) is 15.9. The number of halogens is 1. The Morgan fingerprint density at radius 3 is 2.83 bits per heavy atom. The summed E-state index contributed by atoms with van der Waals surface area (Å²) in [4.78, 5) is 8.31. The molecule has 0 bridgehead atoms. The molecule has 0 fully saturated rings. The topological polar surface area (TPSA) is 76.4 Å². The van der Waals surface area contributed by atoms with Crippen LogP contribution < -0.4 is 15.4 Å². The maximum absolute atomic E-state index is 5.68. The molecule has 8 heteroatoms. The van der Waals surface area contributed by atoms with Gasteiger partial charge in [0.05, 0.1) is 13.1 Å². The van der Waals surface area contributed by atoms with Gasteiger partial charge in [-0.05, 0) is 24.6 Å². The predicted molar refractivity (Wildman–Crippen MR) is 101 cm³/mol. The number of nitrogens with one attached hydrogen (secondary N) is 2. The van der Waals surface area contributed by atoms with Crippen LogP contribution in [0.15, 0.2) is 35.6 Å². The second-order valence-electron chi connectivity index (χ2n) is 4.82. The highest BCUT2D eigenvalue weighted by atomic mass is 127. The molecule has 0 aliphatic carbocycles. The van der Waals surface area contributed by atoms with Crippen molar-refractivity contribution >= 4 is 29.9 Å². The van der Waals surface area contributed by atoms with E-state index in [0.29, 0.717) is 25.7 Å². The van der Waals surface area contributed by atoms with E-state index in [0.717, 1.165) is 11.6 Å². The molecule has 0 spiro atoms. The van der Waals surface area contributed by atoms with Crippen molar-refractivity contribution in [1.29, 1.82) is 0 Å². The SMILES string of the molecule is CN=C(NCCOc1cccc(C)c1)NCc1ncnn1C.I. The molecule has 1 heterocycles. The van der Waals surface area contributed by atoms with Gasteiger partial charge in [0.2, 0.25) is 0 Å². The first-order valence-corrected chi connectivity index (χ1v) is 7.16. The summed E-state index contributed by atoms with van der Waals surface area (Å²) in [7, 11) is 3.59.